The molecule has 2 aromatic rings. The van der Waals surface area contributed by atoms with Crippen LogP contribution in [-0.4, -0.2) is 18.5 Å². The standard InChI is InChI=1S/C16H13Cl2O4P/c1-10-9-21-23(20,22-10)13-4-2-3-11(7-13)16(19)14-8-12(17)5-6-15(14)18/h2-8,10H,9H2,1H3. The van der Waals surface area contributed by atoms with Gasteiger partial charge in [0.25, 0.3) is 0 Å². The van der Waals surface area contributed by atoms with Crippen LogP contribution >= 0.6 is 30.8 Å². The maximum Gasteiger partial charge on any atom is 0.361 e. The van der Waals surface area contributed by atoms with Crippen LogP contribution in [0.5, 0.6) is 0 Å². The molecule has 3 rings (SSSR count). The molecule has 120 valence electrons. The highest BCUT2D eigenvalue weighted by molar-refractivity contribution is 7.62. The van der Waals surface area contributed by atoms with Gasteiger partial charge in [-0.2, -0.15) is 0 Å². The zero-order valence-corrected chi connectivity index (χ0v) is 14.6. The first-order chi connectivity index (χ1) is 10.9. The molecule has 7 heteroatoms. The molecule has 0 aliphatic carbocycles. The Hall–Kier alpha value is -1.16. The summed E-state index contributed by atoms with van der Waals surface area (Å²) in [6, 6.07) is 11.1. The lowest BCUT2D eigenvalue weighted by Crippen LogP contribution is -2.10. The molecular formula is C16H13Cl2O4P. The molecule has 1 aliphatic rings. The Balaban J connectivity index is 1.98. The van der Waals surface area contributed by atoms with Gasteiger partial charge in [0, 0.05) is 16.1 Å². The number of hydrogen-bond acceptors (Lipinski definition) is 4. The highest BCUT2D eigenvalue weighted by Gasteiger charge is 2.37. The van der Waals surface area contributed by atoms with Crippen LogP contribution in [0, 0.1) is 0 Å². The van der Waals surface area contributed by atoms with E-state index in [4.69, 9.17) is 32.2 Å². The Labute approximate surface area is 143 Å². The molecule has 2 aromatic carbocycles. The number of benzene rings is 2. The number of hydrogen-bond donors (Lipinski definition) is 0. The average molecular weight is 371 g/mol. The lowest BCUT2D eigenvalue weighted by Gasteiger charge is -2.11. The number of carbonyl (C=O) groups excluding carboxylic acids is 1. The van der Waals surface area contributed by atoms with Gasteiger partial charge in [-0.1, -0.05) is 35.3 Å². The third kappa shape index (κ3) is 3.37. The molecule has 2 atom stereocenters. The van der Waals surface area contributed by atoms with E-state index < -0.39 is 7.60 Å². The van der Waals surface area contributed by atoms with Crippen LogP contribution in [0.3, 0.4) is 0 Å². The van der Waals surface area contributed by atoms with Crippen LogP contribution < -0.4 is 5.30 Å². The second kappa shape index (κ2) is 6.39. The third-order valence-corrected chi connectivity index (χ3v) is 6.00. The SMILES string of the molecule is CC1COP(=O)(c2cccc(C(=O)c3cc(Cl)ccc3Cl)c2)O1. The van der Waals surface area contributed by atoms with Crippen LogP contribution in [0.4, 0.5) is 0 Å². The van der Waals surface area contributed by atoms with Crippen LogP contribution in [-0.2, 0) is 13.6 Å². The van der Waals surface area contributed by atoms with Gasteiger partial charge >= 0.3 is 7.60 Å². The van der Waals surface area contributed by atoms with Gasteiger partial charge in [-0.25, -0.2) is 0 Å². The summed E-state index contributed by atoms with van der Waals surface area (Å²) in [4.78, 5) is 12.6. The van der Waals surface area contributed by atoms with Gasteiger partial charge in [-0.15, -0.1) is 0 Å². The zero-order valence-electron chi connectivity index (χ0n) is 12.2. The fourth-order valence-corrected chi connectivity index (χ4v) is 4.49. The predicted octanol–water partition coefficient (Wildman–Crippen LogP) is 4.48. The first-order valence-corrected chi connectivity index (χ1v) is 9.22. The van der Waals surface area contributed by atoms with Gasteiger partial charge < -0.3 is 4.52 Å². The number of carbonyl (C=O) groups is 1. The van der Waals surface area contributed by atoms with Crippen molar-refractivity contribution < 1.29 is 18.4 Å². The molecule has 0 spiro atoms. The van der Waals surface area contributed by atoms with E-state index in [1.54, 1.807) is 37.3 Å². The fourth-order valence-electron chi connectivity index (χ4n) is 2.28. The summed E-state index contributed by atoms with van der Waals surface area (Å²) in [5, 5.41) is 1.07. The second-order valence-electron chi connectivity index (χ2n) is 5.21. The van der Waals surface area contributed by atoms with Crippen LogP contribution in [0.2, 0.25) is 10.0 Å². The Morgan fingerprint density at radius 1 is 1.22 bits per heavy atom. The van der Waals surface area contributed by atoms with Crippen molar-refractivity contribution in [3.8, 4) is 0 Å². The molecule has 2 unspecified atom stereocenters. The molecular weight excluding hydrogens is 358 g/mol. The molecule has 0 saturated carbocycles. The highest BCUT2D eigenvalue weighted by Crippen LogP contribution is 2.52. The quantitative estimate of drug-likeness (QED) is 0.590. The number of rotatable bonds is 3. The summed E-state index contributed by atoms with van der Waals surface area (Å²) >= 11 is 12.0. The summed E-state index contributed by atoms with van der Waals surface area (Å²) in [5.74, 6) is -0.307. The first kappa shape index (κ1) is 16.7. The Morgan fingerprint density at radius 2 is 2.00 bits per heavy atom. The van der Waals surface area contributed by atoms with Gasteiger partial charge in [0.05, 0.1) is 23.0 Å². The van der Waals surface area contributed by atoms with Crippen molar-refractivity contribution in [2.45, 2.75) is 13.0 Å². The molecule has 0 aromatic heterocycles. The Kier molecular flexibility index (Phi) is 4.63. The van der Waals surface area contributed by atoms with Gasteiger partial charge in [-0.3, -0.25) is 13.9 Å². The summed E-state index contributed by atoms with van der Waals surface area (Å²) in [6.07, 6.45) is -0.248. The first-order valence-electron chi connectivity index (χ1n) is 6.92. The van der Waals surface area contributed by atoms with Crippen molar-refractivity contribution in [3.63, 3.8) is 0 Å². The van der Waals surface area contributed by atoms with Crippen molar-refractivity contribution >= 4 is 41.9 Å². The summed E-state index contributed by atoms with van der Waals surface area (Å²) in [6.45, 7) is 2.04. The normalized spacial score (nSPS) is 23.9. The lowest BCUT2D eigenvalue weighted by atomic mass is 10.0. The van der Waals surface area contributed by atoms with E-state index in [0.29, 0.717) is 20.9 Å². The largest absolute Gasteiger partial charge is 0.361 e. The van der Waals surface area contributed by atoms with Gasteiger partial charge in [0.1, 0.15) is 0 Å². The van der Waals surface area contributed by atoms with Crippen LogP contribution in [0.1, 0.15) is 22.8 Å². The fraction of sp³-hybridized carbons (Fsp3) is 0.188. The van der Waals surface area contributed by atoms with E-state index >= 15 is 0 Å². The van der Waals surface area contributed by atoms with Crippen LogP contribution in [0.15, 0.2) is 42.5 Å². The van der Waals surface area contributed by atoms with Crippen LogP contribution in [0.25, 0.3) is 0 Å². The van der Waals surface area contributed by atoms with E-state index in [-0.39, 0.29) is 24.1 Å². The molecule has 4 nitrogen and oxygen atoms in total. The minimum Gasteiger partial charge on any atom is -0.302 e. The van der Waals surface area contributed by atoms with Crippen molar-refractivity contribution in [1.82, 2.24) is 0 Å². The lowest BCUT2D eigenvalue weighted by molar-refractivity contribution is 0.103. The number of halogens is 2. The maximum absolute atomic E-state index is 12.7. The summed E-state index contributed by atoms with van der Waals surface area (Å²) in [5.41, 5.74) is 0.630. The number of ketones is 1. The smallest absolute Gasteiger partial charge is 0.302 e. The van der Waals surface area contributed by atoms with Crippen molar-refractivity contribution in [3.05, 3.63) is 63.6 Å². The third-order valence-electron chi connectivity index (χ3n) is 3.40. The predicted molar refractivity (Wildman–Crippen MR) is 90.1 cm³/mol. The molecule has 0 amide bonds. The average Bonchev–Trinajstić information content (AvgIpc) is 2.90. The van der Waals surface area contributed by atoms with E-state index in [2.05, 4.69) is 0 Å². The van der Waals surface area contributed by atoms with Gasteiger partial charge in [0.15, 0.2) is 5.78 Å². The Morgan fingerprint density at radius 3 is 2.70 bits per heavy atom. The molecule has 0 N–H and O–H groups in total. The van der Waals surface area contributed by atoms with Crippen molar-refractivity contribution in [1.29, 1.82) is 0 Å². The van der Waals surface area contributed by atoms with E-state index in [9.17, 15) is 9.36 Å². The second-order valence-corrected chi connectivity index (χ2v) is 8.04. The Bertz CT molecular complexity index is 821. The maximum atomic E-state index is 12.7. The molecule has 1 aliphatic heterocycles. The van der Waals surface area contributed by atoms with E-state index in [1.807, 2.05) is 0 Å². The van der Waals surface area contributed by atoms with Gasteiger partial charge in [0.2, 0.25) is 0 Å². The minimum atomic E-state index is -3.37. The van der Waals surface area contributed by atoms with Crippen molar-refractivity contribution in [2.75, 3.05) is 6.61 Å². The van der Waals surface area contributed by atoms with E-state index in [1.165, 1.54) is 12.1 Å². The zero-order chi connectivity index (χ0) is 16.6. The molecule has 1 saturated heterocycles. The minimum absolute atomic E-state index is 0.248. The van der Waals surface area contributed by atoms with E-state index in [0.717, 1.165) is 0 Å². The monoisotopic (exact) mass is 370 g/mol. The summed E-state index contributed by atoms with van der Waals surface area (Å²) in [7, 11) is -3.37. The molecule has 0 radical (unpaired) electrons. The molecule has 1 heterocycles. The summed E-state index contributed by atoms with van der Waals surface area (Å²) < 4.78 is 23.3. The van der Waals surface area contributed by atoms with Crippen molar-refractivity contribution in [2.24, 2.45) is 0 Å². The topological polar surface area (TPSA) is 52.6 Å². The van der Waals surface area contributed by atoms with Gasteiger partial charge in [-0.05, 0) is 37.3 Å². The molecule has 1 fully saturated rings. The highest BCUT2D eigenvalue weighted by atomic mass is 35.5. The molecule has 23 heavy (non-hydrogen) atoms. The molecule has 0 bridgehead atoms.